The van der Waals surface area contributed by atoms with Crippen molar-refractivity contribution in [3.8, 4) is 6.07 Å². The van der Waals surface area contributed by atoms with E-state index in [1.807, 2.05) is 6.07 Å². The molecule has 0 radical (unpaired) electrons. The molecule has 0 fully saturated rings. The summed E-state index contributed by atoms with van der Waals surface area (Å²) in [6, 6.07) is 13.4. The van der Waals surface area contributed by atoms with Gasteiger partial charge in [-0.2, -0.15) is 5.26 Å². The third-order valence-corrected chi connectivity index (χ3v) is 4.09. The van der Waals surface area contributed by atoms with Crippen LogP contribution in [0.15, 0.2) is 52.3 Å². The van der Waals surface area contributed by atoms with Crippen molar-refractivity contribution in [2.45, 2.75) is 16.7 Å². The molecule has 0 spiro atoms. The number of anilines is 2. The largest absolute Gasteiger partial charge is 0.606 e. The molecule has 0 saturated carbocycles. The van der Waals surface area contributed by atoms with Crippen molar-refractivity contribution in [1.82, 2.24) is 0 Å². The third-order valence-electron chi connectivity index (χ3n) is 2.73. The zero-order valence-electron chi connectivity index (χ0n) is 11.3. The van der Waals surface area contributed by atoms with E-state index in [1.54, 1.807) is 42.5 Å². The lowest BCUT2D eigenvalue weighted by molar-refractivity contribution is -0.114. The first-order valence-corrected chi connectivity index (χ1v) is 7.25. The Labute approximate surface area is 125 Å². The predicted molar refractivity (Wildman–Crippen MR) is 81.0 cm³/mol. The van der Waals surface area contributed by atoms with Gasteiger partial charge in [-0.15, -0.1) is 0 Å². The summed E-state index contributed by atoms with van der Waals surface area (Å²) in [7, 11) is 0. The number of rotatable bonds is 3. The Balaban J connectivity index is 2.31. The summed E-state index contributed by atoms with van der Waals surface area (Å²) in [5.74, 6) is -0.225. The van der Waals surface area contributed by atoms with E-state index in [9.17, 15) is 9.35 Å². The van der Waals surface area contributed by atoms with Crippen molar-refractivity contribution in [2.75, 3.05) is 11.1 Å². The molecule has 1 unspecified atom stereocenters. The van der Waals surface area contributed by atoms with Gasteiger partial charge < -0.3 is 15.6 Å². The van der Waals surface area contributed by atoms with Gasteiger partial charge in [0.2, 0.25) is 5.91 Å². The molecule has 1 amide bonds. The minimum atomic E-state index is -1.43. The molecule has 106 valence electrons. The molecule has 6 heteroatoms. The summed E-state index contributed by atoms with van der Waals surface area (Å²) < 4.78 is 12.5. The first kappa shape index (κ1) is 14.9. The van der Waals surface area contributed by atoms with Crippen molar-refractivity contribution in [3.63, 3.8) is 0 Å². The molecule has 2 aromatic carbocycles. The van der Waals surface area contributed by atoms with E-state index < -0.39 is 11.2 Å². The highest BCUT2D eigenvalue weighted by atomic mass is 32.2. The molecule has 0 aliphatic rings. The van der Waals surface area contributed by atoms with Crippen LogP contribution in [-0.2, 0) is 16.0 Å². The summed E-state index contributed by atoms with van der Waals surface area (Å²) in [4.78, 5) is 12.1. The SMILES string of the molecule is CC(=O)Nc1ccc([S+]([O-])c2cccc(C#N)c2)cc1N. The lowest BCUT2D eigenvalue weighted by Crippen LogP contribution is -2.09. The molecule has 0 bridgehead atoms. The molecule has 0 aliphatic heterocycles. The third kappa shape index (κ3) is 3.54. The highest BCUT2D eigenvalue weighted by molar-refractivity contribution is 7.91. The van der Waals surface area contributed by atoms with Crippen LogP contribution in [0, 0.1) is 11.3 Å². The van der Waals surface area contributed by atoms with Crippen molar-refractivity contribution >= 4 is 28.5 Å². The summed E-state index contributed by atoms with van der Waals surface area (Å²) in [5.41, 5.74) is 7.11. The van der Waals surface area contributed by atoms with Crippen molar-refractivity contribution in [3.05, 3.63) is 48.0 Å². The Bertz CT molecular complexity index is 725. The summed E-state index contributed by atoms with van der Waals surface area (Å²) >= 11 is -1.43. The zero-order valence-corrected chi connectivity index (χ0v) is 12.1. The van der Waals surface area contributed by atoms with Gasteiger partial charge in [0.15, 0.2) is 9.79 Å². The van der Waals surface area contributed by atoms with Gasteiger partial charge in [-0.25, -0.2) is 0 Å². The maximum atomic E-state index is 12.5. The Kier molecular flexibility index (Phi) is 4.48. The van der Waals surface area contributed by atoms with Crippen molar-refractivity contribution in [1.29, 1.82) is 5.26 Å². The van der Waals surface area contributed by atoms with Gasteiger partial charge >= 0.3 is 0 Å². The van der Waals surface area contributed by atoms with Crippen LogP contribution < -0.4 is 11.1 Å². The maximum absolute atomic E-state index is 12.5. The highest BCUT2D eigenvalue weighted by Crippen LogP contribution is 2.27. The van der Waals surface area contributed by atoms with E-state index in [1.165, 1.54) is 6.92 Å². The highest BCUT2D eigenvalue weighted by Gasteiger charge is 2.17. The normalized spacial score (nSPS) is 11.5. The first-order chi connectivity index (χ1) is 10.0. The van der Waals surface area contributed by atoms with Crippen molar-refractivity contribution < 1.29 is 9.35 Å². The van der Waals surface area contributed by atoms with E-state index in [0.717, 1.165) is 0 Å². The van der Waals surface area contributed by atoms with Crippen molar-refractivity contribution in [2.24, 2.45) is 0 Å². The van der Waals surface area contributed by atoms with Gasteiger partial charge in [-0.05, 0) is 24.3 Å². The van der Waals surface area contributed by atoms with Crippen LogP contribution in [-0.4, -0.2) is 10.5 Å². The minimum absolute atomic E-state index is 0.225. The Morgan fingerprint density at radius 3 is 2.62 bits per heavy atom. The number of benzene rings is 2. The average molecular weight is 299 g/mol. The zero-order chi connectivity index (χ0) is 15.4. The number of nitriles is 1. The van der Waals surface area contributed by atoms with Gasteiger partial charge in [-0.3, -0.25) is 4.79 Å². The van der Waals surface area contributed by atoms with E-state index in [0.29, 0.717) is 26.7 Å². The van der Waals surface area contributed by atoms with Gasteiger partial charge in [0, 0.05) is 30.2 Å². The minimum Gasteiger partial charge on any atom is -0.606 e. The molecule has 0 aromatic heterocycles. The van der Waals surface area contributed by atoms with Crippen LogP contribution in [0.2, 0.25) is 0 Å². The van der Waals surface area contributed by atoms with E-state index in [4.69, 9.17) is 11.0 Å². The van der Waals surface area contributed by atoms with E-state index in [2.05, 4.69) is 5.32 Å². The van der Waals surface area contributed by atoms with E-state index in [-0.39, 0.29) is 5.91 Å². The molecular weight excluding hydrogens is 286 g/mol. The quantitative estimate of drug-likeness (QED) is 0.670. The van der Waals surface area contributed by atoms with Crippen LogP contribution in [0.1, 0.15) is 12.5 Å². The fourth-order valence-corrected chi connectivity index (χ4v) is 2.91. The van der Waals surface area contributed by atoms with Crippen LogP contribution in [0.25, 0.3) is 0 Å². The second kappa shape index (κ2) is 6.31. The molecule has 0 aliphatic carbocycles. The number of amides is 1. The number of nitrogens with one attached hydrogen (secondary N) is 1. The standard InChI is InChI=1S/C15H13N3O2S/c1-10(19)18-15-6-5-13(8-14(15)17)21(20)12-4-2-3-11(7-12)9-16/h2-8H,17H2,1H3,(H,18,19). The number of carbonyl (C=O) groups excluding carboxylic acids is 1. The monoisotopic (exact) mass is 299 g/mol. The van der Waals surface area contributed by atoms with Gasteiger partial charge in [0.1, 0.15) is 0 Å². The first-order valence-electron chi connectivity index (χ1n) is 6.10. The fraction of sp³-hybridized carbons (Fsp3) is 0.0667. The maximum Gasteiger partial charge on any atom is 0.221 e. The number of nitrogen functional groups attached to an aromatic ring is 1. The average Bonchev–Trinajstić information content (AvgIpc) is 2.48. The van der Waals surface area contributed by atoms with Gasteiger partial charge in [0.05, 0.1) is 23.0 Å². The molecule has 2 aromatic rings. The Morgan fingerprint density at radius 1 is 1.29 bits per heavy atom. The summed E-state index contributed by atoms with van der Waals surface area (Å²) in [6.45, 7) is 1.39. The van der Waals surface area contributed by atoms with E-state index >= 15 is 0 Å². The lowest BCUT2D eigenvalue weighted by atomic mass is 10.2. The number of hydrogen-bond acceptors (Lipinski definition) is 4. The summed E-state index contributed by atoms with van der Waals surface area (Å²) in [6.07, 6.45) is 0. The second-order valence-corrected chi connectivity index (χ2v) is 5.82. The number of nitrogens with two attached hydrogens (primary N) is 1. The van der Waals surface area contributed by atoms with Gasteiger partial charge in [-0.1, -0.05) is 6.07 Å². The molecule has 0 saturated heterocycles. The number of nitrogens with zero attached hydrogens (tertiary/aromatic N) is 1. The number of hydrogen-bond donors (Lipinski definition) is 2. The second-order valence-electron chi connectivity index (χ2n) is 4.34. The van der Waals surface area contributed by atoms with Gasteiger partial charge in [0.25, 0.3) is 0 Å². The lowest BCUT2D eigenvalue weighted by Gasteiger charge is -2.12. The molecule has 5 nitrogen and oxygen atoms in total. The topological polar surface area (TPSA) is 102 Å². The fourth-order valence-electron chi connectivity index (χ4n) is 1.78. The van der Waals surface area contributed by atoms with Crippen LogP contribution >= 0.6 is 0 Å². The molecular formula is C15H13N3O2S. The molecule has 2 rings (SSSR count). The predicted octanol–water partition coefficient (Wildman–Crippen LogP) is 2.27. The smallest absolute Gasteiger partial charge is 0.221 e. The number of carbonyl (C=O) groups is 1. The molecule has 1 atom stereocenters. The Morgan fingerprint density at radius 2 is 2.00 bits per heavy atom. The van der Waals surface area contributed by atoms with Crippen LogP contribution in [0.5, 0.6) is 0 Å². The van der Waals surface area contributed by atoms with Crippen LogP contribution in [0.4, 0.5) is 11.4 Å². The molecule has 3 N–H and O–H groups in total. The molecule has 0 heterocycles. The summed E-state index contributed by atoms with van der Waals surface area (Å²) in [5, 5.41) is 11.5. The van der Waals surface area contributed by atoms with Crippen LogP contribution in [0.3, 0.4) is 0 Å². The Hall–Kier alpha value is -2.49. The molecule has 21 heavy (non-hydrogen) atoms.